The summed E-state index contributed by atoms with van der Waals surface area (Å²) >= 11 is 0. The van der Waals surface area contributed by atoms with Crippen LogP contribution < -0.4 is 21.3 Å². The summed E-state index contributed by atoms with van der Waals surface area (Å²) in [7, 11) is 5.48. The minimum atomic E-state index is -0.299. The maximum Gasteiger partial charge on any atom is 0.239 e. The van der Waals surface area contributed by atoms with Gasteiger partial charge in [0.15, 0.2) is 12.0 Å². The Morgan fingerprint density at radius 2 is 1.85 bits per heavy atom. The zero-order valence-corrected chi connectivity index (χ0v) is 21.0. The van der Waals surface area contributed by atoms with Gasteiger partial charge in [-0.3, -0.25) is 9.59 Å². The molecule has 1 atom stereocenters. The quantitative estimate of drug-likeness (QED) is 0.448. The van der Waals surface area contributed by atoms with Crippen LogP contribution in [0, 0.1) is 0 Å². The lowest BCUT2D eigenvalue weighted by molar-refractivity contribution is -0.126. The predicted molar refractivity (Wildman–Crippen MR) is 135 cm³/mol. The highest BCUT2D eigenvalue weighted by atomic mass is 16.5. The summed E-state index contributed by atoms with van der Waals surface area (Å²) < 4.78 is 10.7. The molecule has 3 rings (SSSR count). The molecule has 9 nitrogen and oxygen atoms in total. The second-order valence-corrected chi connectivity index (χ2v) is 7.25. The van der Waals surface area contributed by atoms with E-state index in [1.54, 1.807) is 19.2 Å². The first kappa shape index (κ1) is 31.1. The molecule has 0 aliphatic carbocycles. The Labute approximate surface area is 203 Å². The average molecular weight is 477 g/mol. The molecule has 1 aliphatic heterocycles. The number of nitrogens with one attached hydrogen (secondary N) is 4. The van der Waals surface area contributed by atoms with Crippen molar-refractivity contribution in [2.24, 2.45) is 0 Å². The first-order chi connectivity index (χ1) is 16.5. The van der Waals surface area contributed by atoms with Crippen LogP contribution in [0.15, 0.2) is 40.8 Å². The number of benzene rings is 1. The third-order valence-electron chi connectivity index (χ3n) is 3.95. The maximum absolute atomic E-state index is 12.1. The Morgan fingerprint density at radius 3 is 2.35 bits per heavy atom. The van der Waals surface area contributed by atoms with Crippen LogP contribution in [0.4, 0.5) is 0 Å². The van der Waals surface area contributed by atoms with Crippen LogP contribution in [-0.4, -0.2) is 72.0 Å². The van der Waals surface area contributed by atoms with Gasteiger partial charge >= 0.3 is 0 Å². The highest BCUT2D eigenvalue weighted by Gasteiger charge is 2.20. The van der Waals surface area contributed by atoms with Crippen LogP contribution in [0.3, 0.4) is 0 Å². The van der Waals surface area contributed by atoms with E-state index in [9.17, 15) is 14.4 Å². The van der Waals surface area contributed by atoms with E-state index in [0.717, 1.165) is 17.4 Å². The molecule has 0 saturated carbocycles. The number of hydrogen-bond acceptors (Lipinski definition) is 8. The van der Waals surface area contributed by atoms with E-state index in [-0.39, 0.29) is 11.9 Å². The van der Waals surface area contributed by atoms with Crippen molar-refractivity contribution in [2.75, 3.05) is 47.4 Å². The van der Waals surface area contributed by atoms with E-state index < -0.39 is 0 Å². The van der Waals surface area contributed by atoms with Gasteiger partial charge in [-0.15, -0.1) is 0 Å². The molecule has 9 heteroatoms. The SMILES string of the molecule is CCC.CNC.CNCC=O.O=Cc1ccc(-c2cccc(CNC(=O)C3COCCN3)c2)o1. The van der Waals surface area contributed by atoms with Gasteiger partial charge in [-0.05, 0) is 44.9 Å². The molecular formula is C25H40N4O5. The molecule has 1 aliphatic rings. The number of furan rings is 1. The smallest absolute Gasteiger partial charge is 0.239 e. The van der Waals surface area contributed by atoms with Gasteiger partial charge in [0.25, 0.3) is 0 Å². The average Bonchev–Trinajstić information content (AvgIpc) is 3.35. The van der Waals surface area contributed by atoms with Crippen molar-refractivity contribution < 1.29 is 23.5 Å². The fourth-order valence-electron chi connectivity index (χ4n) is 2.54. The number of carbonyl (C=O) groups is 3. The summed E-state index contributed by atoms with van der Waals surface area (Å²) in [5.74, 6) is 0.848. The largest absolute Gasteiger partial charge is 0.453 e. The van der Waals surface area contributed by atoms with Crippen LogP contribution in [-0.2, 0) is 20.9 Å². The van der Waals surface area contributed by atoms with Gasteiger partial charge in [-0.2, -0.15) is 0 Å². The third-order valence-corrected chi connectivity index (χ3v) is 3.95. The Kier molecular flexibility index (Phi) is 19.0. The third kappa shape index (κ3) is 13.6. The van der Waals surface area contributed by atoms with Gasteiger partial charge in [0.2, 0.25) is 5.91 Å². The van der Waals surface area contributed by atoms with E-state index in [1.807, 2.05) is 38.4 Å². The molecule has 0 spiro atoms. The zero-order valence-electron chi connectivity index (χ0n) is 21.0. The van der Waals surface area contributed by atoms with Crippen molar-refractivity contribution in [1.29, 1.82) is 0 Å². The van der Waals surface area contributed by atoms with Crippen molar-refractivity contribution in [2.45, 2.75) is 32.9 Å². The number of aldehydes is 2. The number of carbonyl (C=O) groups excluding carboxylic acids is 3. The highest BCUT2D eigenvalue weighted by molar-refractivity contribution is 5.82. The monoisotopic (exact) mass is 476 g/mol. The summed E-state index contributed by atoms with van der Waals surface area (Å²) in [6.07, 6.45) is 2.74. The molecule has 0 bridgehead atoms. The fourth-order valence-corrected chi connectivity index (χ4v) is 2.54. The summed E-state index contributed by atoms with van der Waals surface area (Å²) in [6.45, 7) is 6.85. The minimum absolute atomic E-state index is 0.0728. The molecular weight excluding hydrogens is 436 g/mol. The number of rotatable bonds is 7. The molecule has 4 N–H and O–H groups in total. The van der Waals surface area contributed by atoms with Crippen LogP contribution in [0.25, 0.3) is 11.3 Å². The van der Waals surface area contributed by atoms with Crippen molar-refractivity contribution in [3.8, 4) is 11.3 Å². The van der Waals surface area contributed by atoms with Gasteiger partial charge in [-0.25, -0.2) is 0 Å². The summed E-state index contributed by atoms with van der Waals surface area (Å²) in [6, 6.07) is 10.7. The Morgan fingerprint density at radius 1 is 1.15 bits per heavy atom. The topological polar surface area (TPSA) is 122 Å². The van der Waals surface area contributed by atoms with E-state index in [0.29, 0.717) is 50.7 Å². The lowest BCUT2D eigenvalue weighted by Gasteiger charge is -2.22. The number of ether oxygens (including phenoxy) is 1. The molecule has 0 radical (unpaired) electrons. The Hall–Kier alpha value is -2.85. The Bertz CT molecular complexity index is 802. The molecule has 1 amide bonds. The molecule has 1 fully saturated rings. The Balaban J connectivity index is 0.000000838. The van der Waals surface area contributed by atoms with E-state index in [4.69, 9.17) is 9.15 Å². The number of likely N-dealkylation sites (N-methyl/N-ethyl adjacent to an activating group) is 1. The zero-order chi connectivity index (χ0) is 25.6. The maximum atomic E-state index is 12.1. The van der Waals surface area contributed by atoms with E-state index in [1.165, 1.54) is 6.42 Å². The highest BCUT2D eigenvalue weighted by Crippen LogP contribution is 2.22. The molecule has 1 aromatic heterocycles. The van der Waals surface area contributed by atoms with Crippen LogP contribution >= 0.6 is 0 Å². The number of morpholine rings is 1. The molecule has 1 aromatic carbocycles. The first-order valence-electron chi connectivity index (χ1n) is 11.4. The lowest BCUT2D eigenvalue weighted by Crippen LogP contribution is -2.51. The van der Waals surface area contributed by atoms with Gasteiger partial charge < -0.3 is 35.2 Å². The predicted octanol–water partition coefficient (Wildman–Crippen LogP) is 2.02. The molecule has 1 saturated heterocycles. The normalized spacial score (nSPS) is 14.1. The van der Waals surface area contributed by atoms with Crippen LogP contribution in [0.1, 0.15) is 36.4 Å². The molecule has 2 aromatic rings. The van der Waals surface area contributed by atoms with E-state index >= 15 is 0 Å². The van der Waals surface area contributed by atoms with Gasteiger partial charge in [0.05, 0.1) is 19.8 Å². The fraction of sp³-hybridized carbons (Fsp3) is 0.480. The number of hydrogen-bond donors (Lipinski definition) is 4. The van der Waals surface area contributed by atoms with Crippen molar-refractivity contribution >= 4 is 18.5 Å². The van der Waals surface area contributed by atoms with Crippen LogP contribution in [0.5, 0.6) is 0 Å². The van der Waals surface area contributed by atoms with Gasteiger partial charge in [-0.1, -0.05) is 38.5 Å². The summed E-state index contributed by atoms with van der Waals surface area (Å²) in [4.78, 5) is 32.1. The second kappa shape index (κ2) is 20.7. The molecule has 190 valence electrons. The van der Waals surface area contributed by atoms with Crippen molar-refractivity contribution in [3.63, 3.8) is 0 Å². The van der Waals surface area contributed by atoms with E-state index in [2.05, 4.69) is 35.1 Å². The van der Waals surface area contributed by atoms with Crippen molar-refractivity contribution in [3.05, 3.63) is 47.7 Å². The van der Waals surface area contributed by atoms with Gasteiger partial charge in [0.1, 0.15) is 18.1 Å². The lowest BCUT2D eigenvalue weighted by atomic mass is 10.1. The van der Waals surface area contributed by atoms with Gasteiger partial charge in [0, 0.05) is 18.7 Å². The molecule has 1 unspecified atom stereocenters. The van der Waals surface area contributed by atoms with Crippen LogP contribution in [0.2, 0.25) is 0 Å². The second-order valence-electron chi connectivity index (χ2n) is 7.25. The summed E-state index contributed by atoms with van der Waals surface area (Å²) in [5.41, 5.74) is 1.82. The van der Waals surface area contributed by atoms with Crippen molar-refractivity contribution in [1.82, 2.24) is 21.3 Å². The standard InChI is InChI=1S/C17H18N2O4.C3H7NO.C3H8.C2H7N/c20-10-14-4-5-16(23-14)13-3-1-2-12(8-13)9-19-17(21)15-11-22-7-6-18-15;1-4-2-3-5;2*1-3-2/h1-5,8,10,15,18H,6-7,9,11H2,(H,19,21);3-4H,2H2,1H3;3H2,1-2H3;3H,1-2H3. The molecule has 34 heavy (non-hydrogen) atoms. The molecule has 2 heterocycles. The summed E-state index contributed by atoms with van der Waals surface area (Å²) in [5, 5.41) is 11.4. The minimum Gasteiger partial charge on any atom is -0.453 e. The first-order valence-corrected chi connectivity index (χ1v) is 11.4. The number of amides is 1.